The summed E-state index contributed by atoms with van der Waals surface area (Å²) in [5.74, 6) is -2.79. The predicted octanol–water partition coefficient (Wildman–Crippen LogP) is 2.69. The number of piperazine rings is 3. The average molecular weight is 637 g/mol. The largest absolute Gasteiger partial charge is 0.477 e. The van der Waals surface area contributed by atoms with Crippen LogP contribution in [0.15, 0.2) is 46.5 Å². The molecule has 1 aliphatic carbocycles. The van der Waals surface area contributed by atoms with Crippen LogP contribution in [0.4, 0.5) is 5.69 Å². The van der Waals surface area contributed by atoms with Crippen molar-refractivity contribution in [2.75, 3.05) is 56.7 Å². The number of carboxylic acids is 1. The molecular formula is C34H44N4O6S+2. The van der Waals surface area contributed by atoms with Gasteiger partial charge in [0.15, 0.2) is 0 Å². The van der Waals surface area contributed by atoms with E-state index in [0.29, 0.717) is 16.6 Å². The molecule has 6 aliphatic heterocycles. The Labute approximate surface area is 264 Å². The van der Waals surface area contributed by atoms with E-state index in [9.17, 15) is 28.2 Å². The van der Waals surface area contributed by atoms with Crippen molar-refractivity contribution in [3.05, 3.63) is 47.2 Å². The van der Waals surface area contributed by atoms with Crippen molar-refractivity contribution < 1.29 is 37.2 Å². The third-order valence-corrected chi connectivity index (χ3v) is 14.6. The molecule has 0 aromatic heterocycles. The Bertz CT molecular complexity index is 1740. The van der Waals surface area contributed by atoms with Gasteiger partial charge in [0, 0.05) is 17.7 Å². The molecule has 2 N–H and O–H groups in total. The number of hydrogen-bond acceptors (Lipinski definition) is 5. The van der Waals surface area contributed by atoms with Crippen molar-refractivity contribution in [2.45, 2.75) is 69.0 Å². The van der Waals surface area contributed by atoms with Crippen molar-refractivity contribution in [1.29, 1.82) is 0 Å². The normalized spacial score (nSPS) is 34.1. The first-order valence-electron chi connectivity index (χ1n) is 16.7. The minimum absolute atomic E-state index is 0.151. The van der Waals surface area contributed by atoms with Crippen LogP contribution in [0.25, 0.3) is 10.8 Å². The monoisotopic (exact) mass is 636 g/mol. The van der Waals surface area contributed by atoms with Crippen molar-refractivity contribution in [3.8, 4) is 0 Å². The van der Waals surface area contributed by atoms with Crippen LogP contribution in [-0.4, -0.2) is 115 Å². The standard InChI is InChI=1S/C34H43N4O6S/c1-21-26(32(34(41)42)36-31(21)29(22(2)39)33(36)40)20-35-27-9-5-8-25-23(10-11-28(30(25)27)45(35,43)44)12-13-37-14-17-38(18-15-37,19-16-37)24-6-3-4-7-24/h5,8-11,21-22,24,29,31,39H,3-4,6-7,12-20H2,1-2H3/q+1/p+1/t21-,22+,29+,31+,37?,38?/m0/s1. The molecule has 4 atom stereocenters. The van der Waals surface area contributed by atoms with Crippen molar-refractivity contribution >= 4 is 38.4 Å². The zero-order chi connectivity index (χ0) is 31.5. The van der Waals surface area contributed by atoms with Crippen LogP contribution in [0.2, 0.25) is 0 Å². The van der Waals surface area contributed by atoms with E-state index < -0.39 is 45.9 Å². The van der Waals surface area contributed by atoms with Gasteiger partial charge >= 0.3 is 5.97 Å². The lowest BCUT2D eigenvalue weighted by molar-refractivity contribution is -1.09. The molecule has 11 heteroatoms. The number of benzene rings is 2. The summed E-state index contributed by atoms with van der Waals surface area (Å²) in [6.45, 7) is 11.8. The van der Waals surface area contributed by atoms with E-state index in [-0.39, 0.29) is 17.1 Å². The van der Waals surface area contributed by atoms with Gasteiger partial charge in [-0.1, -0.05) is 25.1 Å². The molecule has 1 saturated carbocycles. The highest BCUT2D eigenvalue weighted by molar-refractivity contribution is 7.93. The third kappa shape index (κ3) is 4.06. The molecule has 5 fully saturated rings. The molecule has 0 unspecified atom stereocenters. The van der Waals surface area contributed by atoms with E-state index >= 15 is 0 Å². The second-order valence-electron chi connectivity index (χ2n) is 14.7. The van der Waals surface area contributed by atoms with Crippen LogP contribution in [0, 0.1) is 11.8 Å². The fourth-order valence-corrected chi connectivity index (χ4v) is 11.8. The number of carboxylic acid groups (broad SMARTS) is 1. The molecule has 2 bridgehead atoms. The first-order valence-corrected chi connectivity index (χ1v) is 18.2. The Hall–Kier alpha value is -2.99. The predicted molar refractivity (Wildman–Crippen MR) is 169 cm³/mol. The number of sulfonamides is 1. The van der Waals surface area contributed by atoms with Gasteiger partial charge in [0.2, 0.25) is 5.91 Å². The molecule has 0 spiro atoms. The number of quaternary nitrogens is 2. The SMILES string of the molecule is C[C@@H](O)[C@H]1C(=O)N2C(C(=O)O)=C(CN3c4cccc5c(CC[N+]67CC[N+](C8CCCC8)(CC6)CC7)ccc(c45)S3(=O)=O)[C@H](C)[C@H]12. The second-order valence-corrected chi connectivity index (χ2v) is 16.5. The smallest absolute Gasteiger partial charge is 0.352 e. The number of aliphatic hydroxyl groups is 1. The van der Waals surface area contributed by atoms with Crippen LogP contribution in [0.1, 0.15) is 45.1 Å². The van der Waals surface area contributed by atoms with Crippen LogP contribution in [0.3, 0.4) is 0 Å². The summed E-state index contributed by atoms with van der Waals surface area (Å²) in [7, 11) is -3.95. The number of rotatable bonds is 8. The summed E-state index contributed by atoms with van der Waals surface area (Å²) >= 11 is 0. The maximum absolute atomic E-state index is 14.0. The zero-order valence-corrected chi connectivity index (χ0v) is 27.0. The fraction of sp³-hybridized carbons (Fsp3) is 0.588. The Kier molecular flexibility index (Phi) is 6.54. The average Bonchev–Trinajstić information content (AvgIpc) is 3.70. The molecule has 2 aromatic carbocycles. The van der Waals surface area contributed by atoms with E-state index in [4.69, 9.17) is 0 Å². The number of amides is 1. The topological polar surface area (TPSA) is 115 Å². The van der Waals surface area contributed by atoms with Gasteiger partial charge in [0.05, 0.1) is 47.8 Å². The minimum atomic E-state index is -3.95. The first kappa shape index (κ1) is 29.4. The molecule has 10 nitrogen and oxygen atoms in total. The molecule has 1 amide bonds. The number of hydrogen-bond donors (Lipinski definition) is 2. The van der Waals surface area contributed by atoms with Crippen LogP contribution >= 0.6 is 0 Å². The number of aliphatic carboxylic acids is 1. The maximum atomic E-state index is 14.0. The summed E-state index contributed by atoms with van der Waals surface area (Å²) in [6, 6.07) is 9.80. The summed E-state index contributed by atoms with van der Waals surface area (Å²) < 4.78 is 31.9. The van der Waals surface area contributed by atoms with Gasteiger partial charge in [0.25, 0.3) is 10.0 Å². The quantitative estimate of drug-likeness (QED) is 0.340. The van der Waals surface area contributed by atoms with Gasteiger partial charge in [-0.2, -0.15) is 0 Å². The van der Waals surface area contributed by atoms with Gasteiger partial charge in [-0.05, 0) is 61.3 Å². The summed E-state index contributed by atoms with van der Waals surface area (Å²) in [4.78, 5) is 26.8. The molecule has 2 aromatic rings. The number of aliphatic hydroxyl groups excluding tert-OH is 1. The Morgan fingerprint density at radius 1 is 1.04 bits per heavy atom. The molecule has 0 radical (unpaired) electrons. The lowest BCUT2D eigenvalue weighted by Gasteiger charge is -2.58. The molecule has 7 aliphatic rings. The second kappa shape index (κ2) is 10.0. The zero-order valence-electron chi connectivity index (χ0n) is 26.2. The molecule has 45 heavy (non-hydrogen) atoms. The van der Waals surface area contributed by atoms with Gasteiger partial charge in [-0.25, -0.2) is 13.2 Å². The van der Waals surface area contributed by atoms with Crippen molar-refractivity contribution in [1.82, 2.24) is 4.90 Å². The van der Waals surface area contributed by atoms with Crippen LogP contribution in [-0.2, 0) is 26.0 Å². The highest BCUT2D eigenvalue weighted by atomic mass is 32.2. The lowest BCUT2D eigenvalue weighted by Crippen LogP contribution is -2.77. The van der Waals surface area contributed by atoms with Crippen LogP contribution < -0.4 is 4.31 Å². The van der Waals surface area contributed by atoms with E-state index in [1.54, 1.807) is 12.1 Å². The number of carbonyl (C=O) groups excluding carboxylic acids is 1. The van der Waals surface area contributed by atoms with Gasteiger partial charge < -0.3 is 24.1 Å². The summed E-state index contributed by atoms with van der Waals surface area (Å²) in [5, 5.41) is 22.0. The number of nitrogens with zero attached hydrogens (tertiary/aromatic N) is 4. The molecule has 6 heterocycles. The summed E-state index contributed by atoms with van der Waals surface area (Å²) in [5.41, 5.74) is 1.96. The number of fused-ring (bicyclic) bond motifs is 4. The van der Waals surface area contributed by atoms with Gasteiger partial charge in [-0.3, -0.25) is 9.10 Å². The number of β-lactam (4-membered cyclic amide) rings is 1. The van der Waals surface area contributed by atoms with Crippen molar-refractivity contribution in [3.63, 3.8) is 0 Å². The number of anilines is 1. The van der Waals surface area contributed by atoms with Crippen molar-refractivity contribution in [2.24, 2.45) is 11.8 Å². The van der Waals surface area contributed by atoms with Gasteiger partial charge in [0.1, 0.15) is 45.0 Å². The highest BCUT2D eigenvalue weighted by Crippen LogP contribution is 2.50. The highest BCUT2D eigenvalue weighted by Gasteiger charge is 2.60. The van der Waals surface area contributed by atoms with E-state index in [1.165, 1.54) is 85.6 Å². The third-order valence-electron chi connectivity index (χ3n) is 12.8. The molecule has 9 rings (SSSR count). The van der Waals surface area contributed by atoms with Gasteiger partial charge in [-0.15, -0.1) is 0 Å². The van der Waals surface area contributed by atoms with Crippen LogP contribution in [0.5, 0.6) is 0 Å². The van der Waals surface area contributed by atoms with E-state index in [2.05, 4.69) is 0 Å². The van der Waals surface area contributed by atoms with E-state index in [1.807, 2.05) is 25.1 Å². The Balaban J connectivity index is 1.07. The molecular weight excluding hydrogens is 592 g/mol. The molecule has 240 valence electrons. The first-order chi connectivity index (χ1) is 21.5. The minimum Gasteiger partial charge on any atom is -0.477 e. The fourth-order valence-electron chi connectivity index (χ4n) is 10.1. The molecule has 4 saturated heterocycles. The summed E-state index contributed by atoms with van der Waals surface area (Å²) in [6.07, 6.45) is 5.54. The Morgan fingerprint density at radius 3 is 2.38 bits per heavy atom. The maximum Gasteiger partial charge on any atom is 0.352 e. The Morgan fingerprint density at radius 2 is 1.73 bits per heavy atom. The number of carbonyl (C=O) groups is 2. The lowest BCUT2D eigenvalue weighted by atomic mass is 9.78. The van der Waals surface area contributed by atoms with E-state index in [0.717, 1.165) is 34.4 Å².